The van der Waals surface area contributed by atoms with Gasteiger partial charge in [0, 0.05) is 24.7 Å². The number of hydrogen-bond acceptors (Lipinski definition) is 4. The first-order valence-electron chi connectivity index (χ1n) is 8.08. The molecule has 3 aromatic rings. The van der Waals surface area contributed by atoms with Gasteiger partial charge in [0.1, 0.15) is 0 Å². The van der Waals surface area contributed by atoms with Gasteiger partial charge in [-0.25, -0.2) is 4.98 Å². The Morgan fingerprint density at radius 3 is 2.92 bits per heavy atom. The monoisotopic (exact) mass is 342 g/mol. The number of hydrogen-bond donors (Lipinski definition) is 1. The molecule has 1 amide bonds. The molecule has 0 saturated heterocycles. The van der Waals surface area contributed by atoms with E-state index in [-0.39, 0.29) is 5.91 Å². The Bertz CT molecular complexity index is 850. The first-order valence-corrected chi connectivity index (χ1v) is 8.96. The lowest BCUT2D eigenvalue weighted by Gasteiger charge is -2.10. The Balaban J connectivity index is 1.96. The van der Waals surface area contributed by atoms with E-state index in [1.165, 1.54) is 0 Å². The molecule has 0 aliphatic heterocycles. The van der Waals surface area contributed by atoms with Crippen LogP contribution in [0.5, 0.6) is 0 Å². The molecule has 0 saturated carbocycles. The lowest BCUT2D eigenvalue weighted by atomic mass is 10.2. The molecule has 0 fully saturated rings. The van der Waals surface area contributed by atoms with Crippen LogP contribution in [0.1, 0.15) is 22.3 Å². The summed E-state index contributed by atoms with van der Waals surface area (Å²) in [6, 6.07) is 7.83. The molecule has 5 nitrogen and oxygen atoms in total. The molecule has 3 heterocycles. The van der Waals surface area contributed by atoms with Crippen molar-refractivity contribution >= 4 is 22.8 Å². The van der Waals surface area contributed by atoms with Crippen LogP contribution in [0.2, 0.25) is 0 Å². The second-order valence-electron chi connectivity index (χ2n) is 5.94. The zero-order chi connectivity index (χ0) is 17.1. The van der Waals surface area contributed by atoms with Crippen LogP contribution >= 0.6 is 11.3 Å². The number of pyridine rings is 1. The summed E-state index contributed by atoms with van der Waals surface area (Å²) >= 11 is 1.66. The molecule has 0 aliphatic carbocycles. The van der Waals surface area contributed by atoms with E-state index in [1.54, 1.807) is 11.3 Å². The fourth-order valence-corrected chi connectivity index (χ4v) is 3.35. The van der Waals surface area contributed by atoms with Crippen molar-refractivity contribution < 1.29 is 4.79 Å². The maximum atomic E-state index is 12.6. The normalized spacial score (nSPS) is 11.3. The van der Waals surface area contributed by atoms with Gasteiger partial charge in [-0.05, 0) is 38.7 Å². The van der Waals surface area contributed by atoms with Crippen molar-refractivity contribution in [1.82, 2.24) is 19.6 Å². The summed E-state index contributed by atoms with van der Waals surface area (Å²) in [5, 5.41) is 6.15. The SMILES string of the molecule is CCc1nc(-c2cc(C(=O)NCCN(C)C)c3ccccn23)cs1. The molecule has 1 N–H and O–H groups in total. The summed E-state index contributed by atoms with van der Waals surface area (Å²) < 4.78 is 2.04. The number of aromatic nitrogens is 2. The van der Waals surface area contributed by atoms with Gasteiger partial charge in [0.05, 0.1) is 27.5 Å². The van der Waals surface area contributed by atoms with Crippen molar-refractivity contribution in [3.05, 3.63) is 46.4 Å². The Kier molecular flexibility index (Phi) is 4.97. The third-order valence-electron chi connectivity index (χ3n) is 3.88. The predicted molar refractivity (Wildman–Crippen MR) is 98.8 cm³/mol. The van der Waals surface area contributed by atoms with E-state index < -0.39 is 0 Å². The molecule has 24 heavy (non-hydrogen) atoms. The Morgan fingerprint density at radius 2 is 2.21 bits per heavy atom. The zero-order valence-electron chi connectivity index (χ0n) is 14.2. The van der Waals surface area contributed by atoms with Gasteiger partial charge in [0.2, 0.25) is 0 Å². The van der Waals surface area contributed by atoms with Crippen LogP contribution in [0.15, 0.2) is 35.8 Å². The highest BCUT2D eigenvalue weighted by atomic mass is 32.1. The summed E-state index contributed by atoms with van der Waals surface area (Å²) in [6.07, 6.45) is 2.90. The number of nitrogens with zero attached hydrogens (tertiary/aromatic N) is 3. The van der Waals surface area contributed by atoms with Gasteiger partial charge in [-0.3, -0.25) is 4.79 Å². The highest BCUT2D eigenvalue weighted by molar-refractivity contribution is 7.09. The molecule has 0 aromatic carbocycles. The number of likely N-dealkylation sites (N-methyl/N-ethyl adjacent to an activating group) is 1. The number of amides is 1. The molecule has 0 radical (unpaired) electrons. The van der Waals surface area contributed by atoms with Crippen LogP contribution < -0.4 is 5.32 Å². The average Bonchev–Trinajstić information content (AvgIpc) is 3.18. The minimum atomic E-state index is -0.0438. The molecule has 0 spiro atoms. The van der Waals surface area contributed by atoms with Crippen LogP contribution in [-0.2, 0) is 6.42 Å². The van der Waals surface area contributed by atoms with Crippen molar-refractivity contribution in [3.8, 4) is 11.4 Å². The van der Waals surface area contributed by atoms with E-state index in [4.69, 9.17) is 0 Å². The molecule has 0 aliphatic rings. The highest BCUT2D eigenvalue weighted by Gasteiger charge is 2.17. The molecule has 0 unspecified atom stereocenters. The van der Waals surface area contributed by atoms with Crippen molar-refractivity contribution in [2.45, 2.75) is 13.3 Å². The molecule has 0 atom stereocenters. The quantitative estimate of drug-likeness (QED) is 0.749. The number of aryl methyl sites for hydroxylation is 1. The highest BCUT2D eigenvalue weighted by Crippen LogP contribution is 2.27. The molecule has 126 valence electrons. The molecule has 0 bridgehead atoms. The Morgan fingerprint density at radius 1 is 1.38 bits per heavy atom. The number of rotatable bonds is 6. The smallest absolute Gasteiger partial charge is 0.253 e. The van der Waals surface area contributed by atoms with Crippen molar-refractivity contribution in [2.75, 3.05) is 27.2 Å². The largest absolute Gasteiger partial charge is 0.351 e. The van der Waals surface area contributed by atoms with Crippen LogP contribution in [0, 0.1) is 0 Å². The van der Waals surface area contributed by atoms with Crippen molar-refractivity contribution in [2.24, 2.45) is 0 Å². The topological polar surface area (TPSA) is 49.6 Å². The first-order chi connectivity index (χ1) is 11.6. The lowest BCUT2D eigenvalue weighted by molar-refractivity contribution is 0.0953. The van der Waals surface area contributed by atoms with E-state index in [9.17, 15) is 4.79 Å². The zero-order valence-corrected chi connectivity index (χ0v) is 15.1. The minimum Gasteiger partial charge on any atom is -0.351 e. The summed E-state index contributed by atoms with van der Waals surface area (Å²) in [6.45, 7) is 3.54. The molecular weight excluding hydrogens is 320 g/mol. The maximum absolute atomic E-state index is 12.6. The number of thiazole rings is 1. The van der Waals surface area contributed by atoms with Gasteiger partial charge in [-0.1, -0.05) is 13.0 Å². The van der Waals surface area contributed by atoms with Gasteiger partial charge in [-0.2, -0.15) is 0 Å². The fourth-order valence-electron chi connectivity index (χ4n) is 2.61. The molecule has 3 rings (SSSR count). The van der Waals surface area contributed by atoms with E-state index in [0.717, 1.165) is 34.9 Å². The van der Waals surface area contributed by atoms with Crippen molar-refractivity contribution in [1.29, 1.82) is 0 Å². The maximum Gasteiger partial charge on any atom is 0.253 e. The van der Waals surface area contributed by atoms with Crippen LogP contribution in [0.4, 0.5) is 0 Å². The van der Waals surface area contributed by atoms with E-state index in [0.29, 0.717) is 12.1 Å². The fraction of sp³-hybridized carbons (Fsp3) is 0.333. The van der Waals surface area contributed by atoms with Gasteiger partial charge in [0.25, 0.3) is 5.91 Å². The van der Waals surface area contributed by atoms with Gasteiger partial charge in [0.15, 0.2) is 0 Å². The number of carbonyl (C=O) groups is 1. The third kappa shape index (κ3) is 3.34. The average molecular weight is 342 g/mol. The second-order valence-corrected chi connectivity index (χ2v) is 6.88. The standard InChI is InChI=1S/C18H22N4OS/c1-4-17-20-14(12-24-17)16-11-13(15-7-5-6-9-22(15)16)18(23)19-8-10-21(2)3/h5-7,9,11-12H,4,8,10H2,1-3H3,(H,19,23). The third-order valence-corrected chi connectivity index (χ3v) is 4.88. The molecular formula is C18H22N4OS. The van der Waals surface area contributed by atoms with Crippen LogP contribution in [-0.4, -0.2) is 47.4 Å². The summed E-state index contributed by atoms with van der Waals surface area (Å²) in [5.74, 6) is -0.0438. The van der Waals surface area contributed by atoms with Gasteiger partial charge in [-0.15, -0.1) is 11.3 Å². The Hall–Kier alpha value is -2.18. The van der Waals surface area contributed by atoms with Crippen LogP contribution in [0.25, 0.3) is 16.9 Å². The summed E-state index contributed by atoms with van der Waals surface area (Å²) in [4.78, 5) is 19.3. The van der Waals surface area contributed by atoms with E-state index >= 15 is 0 Å². The lowest BCUT2D eigenvalue weighted by Crippen LogP contribution is -2.31. The minimum absolute atomic E-state index is 0.0438. The molecule has 3 aromatic heterocycles. The molecule has 6 heteroatoms. The van der Waals surface area contributed by atoms with Gasteiger partial charge >= 0.3 is 0 Å². The first kappa shape index (κ1) is 16.7. The van der Waals surface area contributed by atoms with Gasteiger partial charge < -0.3 is 14.6 Å². The number of nitrogens with one attached hydrogen (secondary N) is 1. The van der Waals surface area contributed by atoms with Crippen LogP contribution in [0.3, 0.4) is 0 Å². The number of carbonyl (C=O) groups excluding carboxylic acids is 1. The van der Waals surface area contributed by atoms with E-state index in [1.807, 2.05) is 53.9 Å². The number of fused-ring (bicyclic) bond motifs is 1. The summed E-state index contributed by atoms with van der Waals surface area (Å²) in [7, 11) is 3.98. The summed E-state index contributed by atoms with van der Waals surface area (Å²) in [5.41, 5.74) is 3.47. The second kappa shape index (κ2) is 7.15. The van der Waals surface area contributed by atoms with E-state index in [2.05, 4.69) is 22.6 Å². The Labute approximate surface area is 145 Å². The predicted octanol–water partition coefficient (Wildman–Crippen LogP) is 2.92. The van der Waals surface area contributed by atoms with Crippen molar-refractivity contribution in [3.63, 3.8) is 0 Å².